The van der Waals surface area contributed by atoms with Crippen LogP contribution >= 0.6 is 0 Å². The highest BCUT2D eigenvalue weighted by Crippen LogP contribution is 2.42. The third kappa shape index (κ3) is 5.62. The molecule has 0 amide bonds. The third-order valence-corrected chi connectivity index (χ3v) is 10.9. The summed E-state index contributed by atoms with van der Waals surface area (Å²) in [5.41, 5.74) is 10.9. The number of rotatable bonds is 6. The number of anilines is 3. The van der Waals surface area contributed by atoms with Crippen molar-refractivity contribution in [2.45, 2.75) is 13.3 Å². The number of hydrogen-bond donors (Lipinski definition) is 0. The summed E-state index contributed by atoms with van der Waals surface area (Å²) < 4.78 is 0. The van der Waals surface area contributed by atoms with Crippen molar-refractivity contribution in [2.24, 2.45) is 5.92 Å². The molecule has 1 atom stereocenters. The second-order valence-electron chi connectivity index (χ2n) is 14.2. The highest BCUT2D eigenvalue weighted by molar-refractivity contribution is 5.95. The Balaban J connectivity index is 1.19. The maximum atomic E-state index is 4.86. The van der Waals surface area contributed by atoms with E-state index in [0.717, 1.165) is 35.0 Å². The van der Waals surface area contributed by atoms with E-state index in [0.29, 0.717) is 0 Å². The summed E-state index contributed by atoms with van der Waals surface area (Å²) in [5, 5.41) is 7.61. The van der Waals surface area contributed by atoms with Crippen molar-refractivity contribution < 1.29 is 0 Å². The Bertz CT molecular complexity index is 2920. The van der Waals surface area contributed by atoms with Crippen LogP contribution in [0.25, 0.3) is 43.8 Å². The third-order valence-electron chi connectivity index (χ3n) is 10.9. The minimum atomic E-state index is 0.253. The minimum Gasteiger partial charge on any atom is -0.279 e. The fourth-order valence-corrected chi connectivity index (χ4v) is 8.37. The van der Waals surface area contributed by atoms with Crippen LogP contribution in [0.4, 0.5) is 17.3 Å². The molecule has 2 heterocycles. The molecule has 10 rings (SSSR count). The number of aromatic nitrogens is 2. The number of nitrogens with zero attached hydrogens (tertiary/aromatic N) is 3. The number of fused-ring (bicyclic) bond motifs is 4. The number of aryl methyl sites for hydroxylation is 1. The lowest BCUT2D eigenvalue weighted by atomic mass is 9.72. The Kier molecular flexibility index (Phi) is 7.84. The lowest BCUT2D eigenvalue weighted by molar-refractivity contribution is 0.798. The average molecular weight is 692 g/mol. The average Bonchev–Trinajstić information content (AvgIpc) is 3.23. The molecule has 0 saturated carbocycles. The van der Waals surface area contributed by atoms with E-state index in [9.17, 15) is 0 Å². The molecule has 2 aliphatic rings. The Morgan fingerprint density at radius 2 is 1.20 bits per heavy atom. The summed E-state index contributed by atoms with van der Waals surface area (Å²) in [7, 11) is 0. The second kappa shape index (κ2) is 13.3. The zero-order valence-corrected chi connectivity index (χ0v) is 30.0. The van der Waals surface area contributed by atoms with Gasteiger partial charge in [-0.3, -0.25) is 4.90 Å². The van der Waals surface area contributed by atoms with Crippen LogP contribution in [0.3, 0.4) is 0 Å². The van der Waals surface area contributed by atoms with Crippen LogP contribution in [0.2, 0.25) is 0 Å². The highest BCUT2D eigenvalue weighted by Gasteiger charge is 2.29. The molecule has 3 nitrogen and oxygen atoms in total. The van der Waals surface area contributed by atoms with Gasteiger partial charge in [0.25, 0.3) is 0 Å². The molecule has 8 aromatic rings. The molecule has 0 N–H and O–H groups in total. The second-order valence-corrected chi connectivity index (χ2v) is 14.2. The fraction of sp³-hybridized carbons (Fsp3) is 0.0588. The SMILES string of the molecule is Cc1cccc(N(c2ccc(-c3ccc4c(c3)=C(c3ccc5ccccc5c3)C3=CC=CCC3C=4c3ccc4ccccc4c3)cc2)c2ccccn2)n1. The van der Waals surface area contributed by atoms with E-state index in [-0.39, 0.29) is 5.92 Å². The van der Waals surface area contributed by atoms with E-state index in [1.54, 1.807) is 0 Å². The molecule has 0 bridgehead atoms. The van der Waals surface area contributed by atoms with Crippen LogP contribution in [0.15, 0.2) is 194 Å². The smallest absolute Gasteiger partial charge is 0.138 e. The molecule has 0 spiro atoms. The summed E-state index contributed by atoms with van der Waals surface area (Å²) in [6.07, 6.45) is 9.73. The molecule has 0 saturated heterocycles. The van der Waals surface area contributed by atoms with Gasteiger partial charge in [-0.1, -0.05) is 127 Å². The number of hydrogen-bond acceptors (Lipinski definition) is 3. The Hall–Kier alpha value is -6.84. The quantitative estimate of drug-likeness (QED) is 0.174. The molecule has 54 heavy (non-hydrogen) atoms. The van der Waals surface area contributed by atoms with E-state index < -0.39 is 0 Å². The zero-order chi connectivity index (χ0) is 36.0. The molecule has 6 aromatic carbocycles. The first kappa shape index (κ1) is 31.9. The largest absolute Gasteiger partial charge is 0.279 e. The standard InChI is InChI=1S/C51H37N3/c1-34-11-10-19-49(53-34)54(48-18-8-9-30-52-48)43-27-24-37(25-28-43)40-26-29-46-47(33-40)51(42-23-21-36-13-3-5-15-39(36)32-42)45-17-7-6-16-44(45)50(46)41-22-20-35-12-2-4-14-38(35)31-41/h2-15,17-33,44H,16H2,1H3. The Morgan fingerprint density at radius 1 is 0.537 bits per heavy atom. The first-order valence-electron chi connectivity index (χ1n) is 18.7. The van der Waals surface area contributed by atoms with Crippen LogP contribution in [0.1, 0.15) is 23.2 Å². The van der Waals surface area contributed by atoms with Gasteiger partial charge in [-0.2, -0.15) is 0 Å². The van der Waals surface area contributed by atoms with Gasteiger partial charge in [-0.25, -0.2) is 9.97 Å². The van der Waals surface area contributed by atoms with Crippen molar-refractivity contribution in [3.8, 4) is 11.1 Å². The maximum absolute atomic E-state index is 4.86. The number of pyridine rings is 2. The number of allylic oxidation sites excluding steroid dienone is 4. The van der Waals surface area contributed by atoms with Gasteiger partial charge in [0.2, 0.25) is 0 Å². The molecule has 1 unspecified atom stereocenters. The van der Waals surface area contributed by atoms with Crippen molar-refractivity contribution in [3.05, 3.63) is 221 Å². The molecule has 256 valence electrons. The van der Waals surface area contributed by atoms with Crippen LogP contribution < -0.4 is 15.3 Å². The van der Waals surface area contributed by atoms with Gasteiger partial charge in [0.05, 0.1) is 0 Å². The molecular weight excluding hydrogens is 655 g/mol. The molecule has 0 radical (unpaired) electrons. The normalized spacial score (nSPS) is 14.8. The molecule has 3 heteroatoms. The summed E-state index contributed by atoms with van der Waals surface area (Å²) in [6.45, 7) is 2.02. The lowest BCUT2D eigenvalue weighted by Gasteiger charge is -2.31. The van der Waals surface area contributed by atoms with Crippen molar-refractivity contribution in [3.63, 3.8) is 0 Å². The van der Waals surface area contributed by atoms with E-state index in [4.69, 9.17) is 9.97 Å². The van der Waals surface area contributed by atoms with Crippen molar-refractivity contribution >= 4 is 50.0 Å². The Morgan fingerprint density at radius 3 is 1.94 bits per heavy atom. The van der Waals surface area contributed by atoms with Gasteiger partial charge in [0.15, 0.2) is 0 Å². The van der Waals surface area contributed by atoms with Crippen LogP contribution in [0.5, 0.6) is 0 Å². The highest BCUT2D eigenvalue weighted by atomic mass is 15.2. The van der Waals surface area contributed by atoms with Gasteiger partial charge >= 0.3 is 0 Å². The van der Waals surface area contributed by atoms with Gasteiger partial charge < -0.3 is 0 Å². The van der Waals surface area contributed by atoms with Gasteiger partial charge in [0, 0.05) is 23.5 Å². The topological polar surface area (TPSA) is 29.0 Å². The number of benzene rings is 6. The summed E-state index contributed by atoms with van der Waals surface area (Å²) >= 11 is 0. The van der Waals surface area contributed by atoms with Crippen LogP contribution in [-0.4, -0.2) is 9.97 Å². The molecule has 0 aliphatic heterocycles. The minimum absolute atomic E-state index is 0.253. The van der Waals surface area contributed by atoms with Gasteiger partial charge in [-0.05, 0) is 139 Å². The van der Waals surface area contributed by atoms with Crippen LogP contribution in [-0.2, 0) is 0 Å². The van der Waals surface area contributed by atoms with E-state index in [1.807, 2.05) is 49.5 Å². The molecule has 2 aromatic heterocycles. The Labute approximate surface area is 315 Å². The summed E-state index contributed by atoms with van der Waals surface area (Å²) in [4.78, 5) is 11.7. The first-order valence-corrected chi connectivity index (χ1v) is 18.7. The van der Waals surface area contributed by atoms with Gasteiger partial charge in [-0.15, -0.1) is 0 Å². The van der Waals surface area contributed by atoms with Crippen molar-refractivity contribution in [1.82, 2.24) is 9.97 Å². The predicted molar refractivity (Wildman–Crippen MR) is 224 cm³/mol. The molecule has 2 aliphatic carbocycles. The molecule has 0 fully saturated rings. The summed E-state index contributed by atoms with van der Waals surface area (Å²) in [5.74, 6) is 1.92. The van der Waals surface area contributed by atoms with Crippen molar-refractivity contribution in [2.75, 3.05) is 4.90 Å². The van der Waals surface area contributed by atoms with Gasteiger partial charge in [0.1, 0.15) is 11.6 Å². The lowest BCUT2D eigenvalue weighted by Crippen LogP contribution is -2.38. The zero-order valence-electron chi connectivity index (χ0n) is 30.0. The fourth-order valence-electron chi connectivity index (χ4n) is 8.37. The predicted octanol–water partition coefficient (Wildman–Crippen LogP) is 11.1. The van der Waals surface area contributed by atoms with Crippen LogP contribution in [0, 0.1) is 12.8 Å². The van der Waals surface area contributed by atoms with E-state index >= 15 is 0 Å². The molecular formula is C51H37N3. The maximum Gasteiger partial charge on any atom is 0.138 e. The van der Waals surface area contributed by atoms with Crippen molar-refractivity contribution in [1.29, 1.82) is 0 Å². The first-order chi connectivity index (χ1) is 26.7. The summed E-state index contributed by atoms with van der Waals surface area (Å²) in [6, 6.07) is 59.3. The monoisotopic (exact) mass is 691 g/mol. The van der Waals surface area contributed by atoms with E-state index in [2.05, 4.69) is 151 Å². The van der Waals surface area contributed by atoms with E-state index in [1.165, 1.54) is 65.4 Å².